The summed E-state index contributed by atoms with van der Waals surface area (Å²) in [6, 6.07) is 10.8. The number of hydrogen-bond acceptors (Lipinski definition) is 3. The number of amides is 2. The van der Waals surface area contributed by atoms with Gasteiger partial charge in [0.05, 0.1) is 11.6 Å². The zero-order valence-electron chi connectivity index (χ0n) is 18.8. The molecule has 0 bridgehead atoms. The largest absolute Gasteiger partial charge is 0.350 e. The van der Waals surface area contributed by atoms with Crippen LogP contribution < -0.4 is 5.32 Å². The molecule has 2 aliphatic rings. The maximum atomic E-state index is 14.3. The van der Waals surface area contributed by atoms with Crippen molar-refractivity contribution in [2.75, 3.05) is 6.54 Å². The van der Waals surface area contributed by atoms with Gasteiger partial charge >= 0.3 is 0 Å². The highest BCUT2D eigenvalue weighted by Crippen LogP contribution is 2.35. The van der Waals surface area contributed by atoms with Crippen molar-refractivity contribution in [3.05, 3.63) is 70.6 Å². The fourth-order valence-corrected chi connectivity index (χ4v) is 4.86. The Hall–Kier alpha value is -3.26. The van der Waals surface area contributed by atoms with Crippen LogP contribution in [0.5, 0.6) is 0 Å². The number of nitrogens with zero attached hydrogens (tertiary/aromatic N) is 2. The zero-order valence-corrected chi connectivity index (χ0v) is 19.6. The Morgan fingerprint density at radius 2 is 1.86 bits per heavy atom. The third-order valence-corrected chi connectivity index (χ3v) is 6.96. The predicted octanol–water partition coefficient (Wildman–Crippen LogP) is 4.28. The average molecular weight is 500 g/mol. The van der Waals surface area contributed by atoms with E-state index in [1.165, 1.54) is 17.0 Å². The third-order valence-electron chi connectivity index (χ3n) is 6.67. The number of carbonyl (C=O) groups is 3. The van der Waals surface area contributed by atoms with Crippen molar-refractivity contribution in [1.29, 1.82) is 0 Å². The van der Waals surface area contributed by atoms with Crippen LogP contribution in [-0.4, -0.2) is 45.8 Å². The van der Waals surface area contributed by atoms with Crippen molar-refractivity contribution in [2.45, 2.75) is 44.6 Å². The van der Waals surface area contributed by atoms with E-state index in [0.717, 1.165) is 23.7 Å². The van der Waals surface area contributed by atoms with E-state index in [4.69, 9.17) is 11.6 Å². The van der Waals surface area contributed by atoms with Crippen molar-refractivity contribution < 1.29 is 23.2 Å². The summed E-state index contributed by atoms with van der Waals surface area (Å²) in [5, 5.41) is 3.32. The van der Waals surface area contributed by atoms with Crippen LogP contribution in [0, 0.1) is 11.7 Å². The first-order chi connectivity index (χ1) is 16.8. The number of fused-ring (bicyclic) bond motifs is 1. The Labute approximate surface area is 205 Å². The van der Waals surface area contributed by atoms with Gasteiger partial charge in [0.2, 0.25) is 11.8 Å². The quantitative estimate of drug-likeness (QED) is 0.493. The topological polar surface area (TPSA) is 71.4 Å². The number of Topliss-reactive ketones (excluding diaryl/α,β-unsaturated/α-hetero) is 1. The maximum Gasteiger partial charge on any atom is 0.243 e. The summed E-state index contributed by atoms with van der Waals surface area (Å²) >= 11 is 5.79. The van der Waals surface area contributed by atoms with Gasteiger partial charge in [-0.2, -0.15) is 0 Å². The van der Waals surface area contributed by atoms with Crippen LogP contribution in [0.4, 0.5) is 8.78 Å². The number of benzene rings is 2. The molecule has 182 valence electrons. The first-order valence-electron chi connectivity index (χ1n) is 11.6. The Morgan fingerprint density at radius 1 is 1.09 bits per heavy atom. The van der Waals surface area contributed by atoms with Crippen molar-refractivity contribution in [2.24, 2.45) is 5.92 Å². The summed E-state index contributed by atoms with van der Waals surface area (Å²) in [6.45, 7) is -0.455. The van der Waals surface area contributed by atoms with E-state index >= 15 is 0 Å². The van der Waals surface area contributed by atoms with Gasteiger partial charge in [0.1, 0.15) is 24.6 Å². The highest BCUT2D eigenvalue weighted by Gasteiger charge is 2.40. The molecule has 2 heterocycles. The molecule has 1 aliphatic heterocycles. The number of halogens is 3. The van der Waals surface area contributed by atoms with E-state index in [1.807, 2.05) is 24.3 Å². The van der Waals surface area contributed by atoms with E-state index in [9.17, 15) is 23.2 Å². The lowest BCUT2D eigenvalue weighted by Crippen LogP contribution is -2.46. The minimum absolute atomic E-state index is 0.0354. The van der Waals surface area contributed by atoms with Gasteiger partial charge in [-0.15, -0.1) is 0 Å². The molecule has 2 aromatic carbocycles. The second-order valence-electron chi connectivity index (χ2n) is 9.15. The lowest BCUT2D eigenvalue weighted by atomic mass is 10.1. The summed E-state index contributed by atoms with van der Waals surface area (Å²) < 4.78 is 30.2. The van der Waals surface area contributed by atoms with Crippen LogP contribution in [0.15, 0.2) is 48.7 Å². The first kappa shape index (κ1) is 23.5. The van der Waals surface area contributed by atoms with Crippen molar-refractivity contribution >= 4 is 40.1 Å². The van der Waals surface area contributed by atoms with Crippen LogP contribution >= 0.6 is 11.6 Å². The molecular weight excluding hydrogens is 476 g/mol. The number of alkyl halides is 1. The fourth-order valence-electron chi connectivity index (χ4n) is 4.67. The minimum Gasteiger partial charge on any atom is -0.350 e. The first-order valence-corrected chi connectivity index (χ1v) is 12.0. The molecule has 35 heavy (non-hydrogen) atoms. The molecule has 0 radical (unpaired) electrons. The van der Waals surface area contributed by atoms with Crippen molar-refractivity contribution in [3.63, 3.8) is 0 Å². The molecule has 3 aromatic rings. The number of para-hydroxylation sites is 1. The summed E-state index contributed by atoms with van der Waals surface area (Å²) in [5.74, 6) is -1.50. The molecular formula is C26H24ClF2N3O3. The number of rotatable bonds is 7. The van der Waals surface area contributed by atoms with E-state index in [2.05, 4.69) is 5.32 Å². The Kier molecular flexibility index (Phi) is 6.32. The maximum absolute atomic E-state index is 14.3. The van der Waals surface area contributed by atoms with Gasteiger partial charge in [0.15, 0.2) is 5.78 Å². The van der Waals surface area contributed by atoms with Gasteiger partial charge < -0.3 is 14.8 Å². The molecule has 1 N–H and O–H groups in total. The van der Waals surface area contributed by atoms with E-state index < -0.39 is 29.8 Å². The number of ketones is 1. The third kappa shape index (κ3) is 4.67. The summed E-state index contributed by atoms with van der Waals surface area (Å²) in [6.07, 6.45) is 1.96. The van der Waals surface area contributed by atoms with Crippen LogP contribution in [0.3, 0.4) is 0 Å². The summed E-state index contributed by atoms with van der Waals surface area (Å²) in [7, 11) is 0. The molecule has 9 heteroatoms. The molecule has 0 unspecified atom stereocenters. The highest BCUT2D eigenvalue weighted by molar-refractivity contribution is 6.30. The molecule has 0 spiro atoms. The molecule has 5 rings (SSSR count). The minimum atomic E-state index is -1.34. The Bertz CT molecular complexity index is 1320. The van der Waals surface area contributed by atoms with Crippen LogP contribution in [0.1, 0.15) is 35.2 Å². The monoisotopic (exact) mass is 499 g/mol. The SMILES string of the molecule is O=C(c1cn(CC(=O)N2C[C@H](F)C[C@H]2C(=O)NCc2cccc(Cl)c2F)c2ccccc12)C1CC1. The van der Waals surface area contributed by atoms with Gasteiger partial charge in [0.25, 0.3) is 0 Å². The molecule has 2 atom stereocenters. The highest BCUT2D eigenvalue weighted by atomic mass is 35.5. The second kappa shape index (κ2) is 9.41. The van der Waals surface area contributed by atoms with Crippen molar-refractivity contribution in [3.8, 4) is 0 Å². The van der Waals surface area contributed by atoms with E-state index in [-0.39, 0.29) is 48.3 Å². The van der Waals surface area contributed by atoms with Gasteiger partial charge in [-0.25, -0.2) is 8.78 Å². The molecule has 6 nitrogen and oxygen atoms in total. The van der Waals surface area contributed by atoms with Crippen molar-refractivity contribution in [1.82, 2.24) is 14.8 Å². The van der Waals surface area contributed by atoms with Gasteiger partial charge in [-0.1, -0.05) is 41.9 Å². The summed E-state index contributed by atoms with van der Waals surface area (Å²) in [4.78, 5) is 40.0. The number of carbonyl (C=O) groups excluding carboxylic acids is 3. The standard InChI is InChI=1S/C26H24ClF2N3O3/c27-20-6-3-4-16(24(20)29)11-30-26(35)22-10-17(28)12-32(22)23(33)14-31-13-19(25(34)15-8-9-15)18-5-1-2-7-21(18)31/h1-7,13,15,17,22H,8-12,14H2,(H,30,35)/t17-,22+/m1/s1. The van der Waals surface area contributed by atoms with Gasteiger partial charge in [-0.05, 0) is 25.0 Å². The van der Waals surface area contributed by atoms with Crippen LogP contribution in [0.2, 0.25) is 5.02 Å². The predicted molar refractivity (Wildman–Crippen MR) is 127 cm³/mol. The van der Waals surface area contributed by atoms with Crippen LogP contribution in [-0.2, 0) is 22.7 Å². The zero-order chi connectivity index (χ0) is 24.7. The summed E-state index contributed by atoms with van der Waals surface area (Å²) in [5.41, 5.74) is 1.52. The Balaban J connectivity index is 1.32. The number of aromatic nitrogens is 1. The van der Waals surface area contributed by atoms with Gasteiger partial charge in [-0.3, -0.25) is 14.4 Å². The molecule has 2 amide bonds. The van der Waals surface area contributed by atoms with Gasteiger partial charge in [0, 0.05) is 47.1 Å². The van der Waals surface area contributed by atoms with E-state index in [0.29, 0.717) is 5.56 Å². The van der Waals surface area contributed by atoms with Crippen LogP contribution in [0.25, 0.3) is 10.9 Å². The molecule has 1 saturated heterocycles. The molecule has 1 aromatic heterocycles. The molecule has 1 saturated carbocycles. The normalized spacial score (nSPS) is 19.8. The van der Waals surface area contributed by atoms with E-state index in [1.54, 1.807) is 16.8 Å². The lowest BCUT2D eigenvalue weighted by Gasteiger charge is -2.24. The Morgan fingerprint density at radius 3 is 2.63 bits per heavy atom. The molecule has 1 aliphatic carbocycles. The number of likely N-dealkylation sites (tertiary alicyclic amines) is 1. The average Bonchev–Trinajstić information content (AvgIpc) is 3.54. The number of nitrogens with one attached hydrogen (secondary N) is 1. The fraction of sp³-hybridized carbons (Fsp3) is 0.346. The lowest BCUT2D eigenvalue weighted by molar-refractivity contribution is -0.139. The second-order valence-corrected chi connectivity index (χ2v) is 9.56. The smallest absolute Gasteiger partial charge is 0.243 e. The molecule has 2 fully saturated rings. The number of hydrogen-bond donors (Lipinski definition) is 1.